The number of ether oxygens (including phenoxy) is 4. The Kier molecular flexibility index (Phi) is 80.2. The summed E-state index contributed by atoms with van der Waals surface area (Å²) in [6, 6.07) is 0. The van der Waals surface area contributed by atoms with Crippen LogP contribution in [0.1, 0.15) is 450 Å². The number of rotatable bonds is 84. The van der Waals surface area contributed by atoms with Gasteiger partial charge in [0.15, 0.2) is 12.4 Å². The molecule has 592 valence electrons. The zero-order valence-corrected chi connectivity index (χ0v) is 68.1. The average Bonchev–Trinajstić information content (AvgIpc) is 1.21. The molecular weight excluding hydrogens is 1250 g/mol. The fourth-order valence-electron chi connectivity index (χ4n) is 13.5. The van der Waals surface area contributed by atoms with Gasteiger partial charge >= 0.3 is 11.9 Å². The van der Waals surface area contributed by atoms with Crippen molar-refractivity contribution in [2.45, 2.75) is 463 Å². The van der Waals surface area contributed by atoms with Gasteiger partial charge in [0.05, 0.1) is 40.3 Å². The van der Waals surface area contributed by atoms with E-state index >= 15 is 0 Å². The number of carboxylic acid groups (broad SMARTS) is 1. The highest BCUT2D eigenvalue weighted by atomic mass is 16.7. The van der Waals surface area contributed by atoms with Crippen LogP contribution in [-0.4, -0.2) is 82.3 Å². The van der Waals surface area contributed by atoms with E-state index in [1.54, 1.807) is 0 Å². The van der Waals surface area contributed by atoms with Gasteiger partial charge in [-0.15, -0.1) is 0 Å². The Labute approximate surface area is 628 Å². The molecule has 101 heavy (non-hydrogen) atoms. The molecule has 0 fully saturated rings. The van der Waals surface area contributed by atoms with E-state index in [9.17, 15) is 19.5 Å². The minimum Gasteiger partial charge on any atom is -0.545 e. The Morgan fingerprint density at radius 1 is 0.307 bits per heavy atom. The van der Waals surface area contributed by atoms with E-state index < -0.39 is 24.3 Å². The monoisotopic (exact) mass is 1420 g/mol. The van der Waals surface area contributed by atoms with Crippen LogP contribution >= 0.6 is 0 Å². The van der Waals surface area contributed by atoms with Crippen molar-refractivity contribution in [3.05, 3.63) is 60.8 Å². The van der Waals surface area contributed by atoms with Gasteiger partial charge in [-0.2, -0.15) is 0 Å². The predicted octanol–water partition coefficient (Wildman–Crippen LogP) is 27.6. The molecule has 9 heteroatoms. The predicted molar refractivity (Wildman–Crippen MR) is 435 cm³/mol. The van der Waals surface area contributed by atoms with Crippen molar-refractivity contribution in [2.75, 3.05) is 47.5 Å². The first-order valence-electron chi connectivity index (χ1n) is 44.4. The Morgan fingerprint density at radius 3 is 0.851 bits per heavy atom. The summed E-state index contributed by atoms with van der Waals surface area (Å²) >= 11 is 0. The van der Waals surface area contributed by atoms with E-state index in [1.807, 2.05) is 21.1 Å². The molecule has 0 amide bonds. The maximum atomic E-state index is 13.0. The molecule has 0 N–H and O–H groups in total. The van der Waals surface area contributed by atoms with Crippen molar-refractivity contribution in [3.63, 3.8) is 0 Å². The maximum Gasteiger partial charge on any atom is 0.306 e. The summed E-state index contributed by atoms with van der Waals surface area (Å²) in [5.74, 6) is -2.25. The van der Waals surface area contributed by atoms with E-state index in [0.29, 0.717) is 17.4 Å². The highest BCUT2D eigenvalue weighted by molar-refractivity contribution is 5.70. The van der Waals surface area contributed by atoms with Gasteiger partial charge in [-0.3, -0.25) is 9.59 Å². The molecule has 2 unspecified atom stereocenters. The van der Waals surface area contributed by atoms with Crippen molar-refractivity contribution in [1.82, 2.24) is 0 Å². The molecule has 0 radical (unpaired) electrons. The zero-order valence-electron chi connectivity index (χ0n) is 68.1. The molecule has 0 saturated heterocycles. The molecule has 0 heterocycles. The van der Waals surface area contributed by atoms with Crippen molar-refractivity contribution < 1.29 is 42.9 Å². The first kappa shape index (κ1) is 98.0. The molecule has 2 atom stereocenters. The summed E-state index contributed by atoms with van der Waals surface area (Å²) < 4.78 is 22.9. The van der Waals surface area contributed by atoms with Crippen LogP contribution in [0.2, 0.25) is 0 Å². The van der Waals surface area contributed by atoms with Crippen LogP contribution in [0, 0.1) is 0 Å². The third-order valence-electron chi connectivity index (χ3n) is 20.2. The number of aliphatic carboxylic acids is 1. The highest BCUT2D eigenvalue weighted by Gasteiger charge is 2.22. The first-order valence-corrected chi connectivity index (χ1v) is 44.4. The number of carbonyl (C=O) groups excluding carboxylic acids is 3. The SMILES string of the molecule is CC/C=C\C/C=C\C/C=C\C/C=C\CCCCCCCCCCCCCCCCCCCCCCCCCCCCCCC(=O)OC(COC(=O)CCCCCCCCCCCCCCCCCCCCCCCCC/C=C\CCCCCCCCCC)COC(OCC[N+](C)(C)C)C(=O)[O-]. The summed E-state index contributed by atoms with van der Waals surface area (Å²) in [7, 11) is 5.96. The van der Waals surface area contributed by atoms with Crippen LogP contribution in [-0.2, 0) is 33.3 Å². The Hall–Kier alpha value is -3.01. The quantitative estimate of drug-likeness (QED) is 0.0195. The maximum absolute atomic E-state index is 13.0. The summed E-state index contributed by atoms with van der Waals surface area (Å²) in [4.78, 5) is 37.7. The summed E-state index contributed by atoms with van der Waals surface area (Å²) in [6.07, 6.45) is 108. The topological polar surface area (TPSA) is 111 Å². The van der Waals surface area contributed by atoms with Gasteiger partial charge < -0.3 is 33.3 Å². The number of carboxylic acids is 1. The average molecular weight is 1420 g/mol. The molecule has 0 aliphatic heterocycles. The van der Waals surface area contributed by atoms with Crippen molar-refractivity contribution in [1.29, 1.82) is 0 Å². The van der Waals surface area contributed by atoms with Crippen LogP contribution < -0.4 is 5.11 Å². The van der Waals surface area contributed by atoms with Crippen LogP contribution in [0.4, 0.5) is 0 Å². The largest absolute Gasteiger partial charge is 0.545 e. The minimum absolute atomic E-state index is 0.151. The number of esters is 2. The lowest BCUT2D eigenvalue weighted by molar-refractivity contribution is -0.870. The molecule has 9 nitrogen and oxygen atoms in total. The second-order valence-corrected chi connectivity index (χ2v) is 31.5. The summed E-state index contributed by atoms with van der Waals surface area (Å²) in [5.41, 5.74) is 0. The minimum atomic E-state index is -1.62. The summed E-state index contributed by atoms with van der Waals surface area (Å²) in [6.45, 7) is 4.72. The van der Waals surface area contributed by atoms with Crippen LogP contribution in [0.5, 0.6) is 0 Å². The van der Waals surface area contributed by atoms with E-state index in [0.717, 1.165) is 64.2 Å². The van der Waals surface area contributed by atoms with E-state index in [1.165, 1.54) is 360 Å². The van der Waals surface area contributed by atoms with Crippen molar-refractivity contribution in [3.8, 4) is 0 Å². The lowest BCUT2D eigenvalue weighted by Gasteiger charge is -2.26. The van der Waals surface area contributed by atoms with Gasteiger partial charge in [-0.1, -0.05) is 421 Å². The summed E-state index contributed by atoms with van der Waals surface area (Å²) in [5, 5.41) is 11.9. The number of hydrogen-bond acceptors (Lipinski definition) is 8. The Morgan fingerprint density at radius 2 is 0.564 bits per heavy atom. The van der Waals surface area contributed by atoms with E-state index in [2.05, 4.69) is 74.6 Å². The highest BCUT2D eigenvalue weighted by Crippen LogP contribution is 2.21. The van der Waals surface area contributed by atoms with Gasteiger partial charge in [0.1, 0.15) is 13.2 Å². The van der Waals surface area contributed by atoms with Crippen molar-refractivity contribution in [2.24, 2.45) is 0 Å². The molecule has 0 aliphatic rings. The number of unbranched alkanes of at least 4 members (excludes halogenated alkanes) is 59. The molecule has 0 aromatic rings. The Balaban J connectivity index is 3.90. The molecule has 0 bridgehead atoms. The fraction of sp³-hybridized carbons (Fsp3) is 0.859. The van der Waals surface area contributed by atoms with Crippen LogP contribution in [0.15, 0.2) is 60.8 Å². The van der Waals surface area contributed by atoms with Gasteiger partial charge in [-0.05, 0) is 77.0 Å². The smallest absolute Gasteiger partial charge is 0.306 e. The fourth-order valence-corrected chi connectivity index (χ4v) is 13.5. The molecular formula is C92H171NO8. The lowest BCUT2D eigenvalue weighted by Crippen LogP contribution is -2.44. The number of nitrogens with zero attached hydrogens (tertiary/aromatic N) is 1. The molecule has 0 aromatic heterocycles. The van der Waals surface area contributed by atoms with Gasteiger partial charge in [0, 0.05) is 12.8 Å². The van der Waals surface area contributed by atoms with Crippen LogP contribution in [0.25, 0.3) is 0 Å². The molecule has 0 saturated carbocycles. The van der Waals surface area contributed by atoms with Crippen LogP contribution in [0.3, 0.4) is 0 Å². The lowest BCUT2D eigenvalue weighted by atomic mass is 10.0. The van der Waals surface area contributed by atoms with Gasteiger partial charge in [0.2, 0.25) is 0 Å². The standard InChI is InChI=1S/C92H171NO8/c1-6-8-10-12-14-16-18-20-22-24-26-28-30-32-34-36-38-40-42-43-44-45-46-47-49-51-53-55-57-59-61-63-65-67-69-71-73-75-77-79-81-83-90(95)101-88(87-100-92(91(96)97)98-85-84-93(3,4)5)86-99-89(94)82-80-78-76-74-72-70-68-66-64-62-60-58-56-54-52-50-48-41-39-37-35-33-31-29-27-25-23-21-19-17-15-13-11-9-7-2/h8,10,14,16,20,22,25-28,88,92H,6-7,9,11-13,15,17-19,21,23-24,29-87H2,1-5H3/b10-8-,16-14-,22-20-,27-25-,28-26-. The third kappa shape index (κ3) is 84.1. The van der Waals surface area contributed by atoms with Crippen molar-refractivity contribution >= 4 is 17.9 Å². The number of allylic oxidation sites excluding steroid dienone is 10. The van der Waals surface area contributed by atoms with E-state index in [4.69, 9.17) is 18.9 Å². The number of likely N-dealkylation sites (N-methyl/N-ethyl adjacent to an activating group) is 1. The molecule has 0 rings (SSSR count). The first-order chi connectivity index (χ1) is 49.6. The number of carbonyl (C=O) groups is 3. The second kappa shape index (κ2) is 82.6. The zero-order chi connectivity index (χ0) is 73.2. The van der Waals surface area contributed by atoms with E-state index in [-0.39, 0.29) is 32.2 Å². The normalized spacial score (nSPS) is 12.8. The molecule has 0 spiro atoms. The third-order valence-corrected chi connectivity index (χ3v) is 20.2. The van der Waals surface area contributed by atoms with Gasteiger partial charge in [0.25, 0.3) is 0 Å². The van der Waals surface area contributed by atoms with Gasteiger partial charge in [-0.25, -0.2) is 0 Å². The number of quaternary nitrogens is 1. The molecule has 0 aromatic carbocycles. The second-order valence-electron chi connectivity index (χ2n) is 31.5. The molecule has 0 aliphatic carbocycles. The number of hydrogen-bond donors (Lipinski definition) is 0. The Bertz CT molecular complexity index is 1850.